The molecule has 0 radical (unpaired) electrons. The molecule has 0 fully saturated rings. The summed E-state index contributed by atoms with van der Waals surface area (Å²) in [7, 11) is 1.63. The standard InChI is InChI=1S/C11H9BrN2O/c1-15-11-9(12)3-2-8-7(4-5-13)6-14-10(8)11/h2-3,6,14H,4H2,1H3. The third-order valence-electron chi connectivity index (χ3n) is 2.32. The van der Waals surface area contributed by atoms with Crippen LogP contribution in [-0.2, 0) is 6.42 Å². The number of ether oxygens (including phenoxy) is 1. The van der Waals surface area contributed by atoms with Crippen molar-refractivity contribution in [1.29, 1.82) is 5.26 Å². The highest BCUT2D eigenvalue weighted by atomic mass is 79.9. The lowest BCUT2D eigenvalue weighted by atomic mass is 10.1. The molecule has 76 valence electrons. The number of methoxy groups -OCH3 is 1. The lowest BCUT2D eigenvalue weighted by Crippen LogP contribution is -1.86. The van der Waals surface area contributed by atoms with Crippen molar-refractivity contribution in [2.75, 3.05) is 7.11 Å². The van der Waals surface area contributed by atoms with E-state index in [-0.39, 0.29) is 0 Å². The van der Waals surface area contributed by atoms with E-state index in [9.17, 15) is 0 Å². The van der Waals surface area contributed by atoms with Crippen molar-refractivity contribution in [2.45, 2.75) is 6.42 Å². The number of hydrogen-bond acceptors (Lipinski definition) is 2. The molecule has 15 heavy (non-hydrogen) atoms. The minimum Gasteiger partial charge on any atom is -0.493 e. The van der Waals surface area contributed by atoms with E-state index in [1.807, 2.05) is 18.3 Å². The number of hydrogen-bond donors (Lipinski definition) is 1. The van der Waals surface area contributed by atoms with Crippen molar-refractivity contribution in [3.63, 3.8) is 0 Å². The van der Waals surface area contributed by atoms with Gasteiger partial charge in [0.1, 0.15) is 0 Å². The summed E-state index contributed by atoms with van der Waals surface area (Å²) in [5.41, 5.74) is 1.93. The molecule has 3 nitrogen and oxygen atoms in total. The maximum Gasteiger partial charge on any atom is 0.157 e. The molecule has 0 atom stereocenters. The largest absolute Gasteiger partial charge is 0.493 e. The topological polar surface area (TPSA) is 48.8 Å². The van der Waals surface area contributed by atoms with E-state index < -0.39 is 0 Å². The lowest BCUT2D eigenvalue weighted by Gasteiger charge is -2.04. The summed E-state index contributed by atoms with van der Waals surface area (Å²) in [6.45, 7) is 0. The van der Waals surface area contributed by atoms with Crippen molar-refractivity contribution in [2.24, 2.45) is 0 Å². The summed E-state index contributed by atoms with van der Waals surface area (Å²) in [6.07, 6.45) is 2.26. The van der Waals surface area contributed by atoms with Gasteiger partial charge in [-0.15, -0.1) is 0 Å². The molecule has 0 amide bonds. The zero-order chi connectivity index (χ0) is 10.8. The summed E-state index contributed by atoms with van der Waals surface area (Å²) in [6, 6.07) is 6.05. The molecule has 2 rings (SSSR count). The molecule has 0 unspecified atom stereocenters. The highest BCUT2D eigenvalue weighted by Crippen LogP contribution is 2.34. The van der Waals surface area contributed by atoms with Gasteiger partial charge in [-0.3, -0.25) is 0 Å². The number of nitrogens with zero attached hydrogens (tertiary/aromatic N) is 1. The van der Waals surface area contributed by atoms with Gasteiger partial charge in [-0.25, -0.2) is 0 Å². The fraction of sp³-hybridized carbons (Fsp3) is 0.182. The maximum atomic E-state index is 8.67. The molecule has 0 aliphatic heterocycles. The Labute approximate surface area is 95.8 Å². The predicted molar refractivity (Wildman–Crippen MR) is 61.9 cm³/mol. The molecule has 0 saturated carbocycles. The smallest absolute Gasteiger partial charge is 0.157 e. The molecule has 2 aromatic rings. The Morgan fingerprint density at radius 3 is 3.00 bits per heavy atom. The Morgan fingerprint density at radius 2 is 2.33 bits per heavy atom. The van der Waals surface area contributed by atoms with Crippen molar-refractivity contribution < 1.29 is 4.74 Å². The van der Waals surface area contributed by atoms with Crippen LogP contribution in [0.1, 0.15) is 5.56 Å². The third-order valence-corrected chi connectivity index (χ3v) is 2.94. The monoisotopic (exact) mass is 264 g/mol. The fourth-order valence-electron chi connectivity index (χ4n) is 1.64. The minimum atomic E-state index is 0.408. The van der Waals surface area contributed by atoms with Gasteiger partial charge in [0.15, 0.2) is 5.75 Å². The Balaban J connectivity index is 2.70. The van der Waals surface area contributed by atoms with Gasteiger partial charge in [0.2, 0.25) is 0 Å². The molecule has 1 N–H and O–H groups in total. The summed E-state index contributed by atoms with van der Waals surface area (Å²) in [5.74, 6) is 0.775. The first-order valence-corrected chi connectivity index (χ1v) is 5.26. The van der Waals surface area contributed by atoms with Crippen molar-refractivity contribution in [3.8, 4) is 11.8 Å². The number of fused-ring (bicyclic) bond motifs is 1. The van der Waals surface area contributed by atoms with Crippen LogP contribution in [0, 0.1) is 11.3 Å². The van der Waals surface area contributed by atoms with E-state index >= 15 is 0 Å². The van der Waals surface area contributed by atoms with Crippen molar-refractivity contribution in [1.82, 2.24) is 4.98 Å². The summed E-state index contributed by atoms with van der Waals surface area (Å²) < 4.78 is 6.19. The van der Waals surface area contributed by atoms with Gasteiger partial charge in [0.05, 0.1) is 29.6 Å². The number of nitriles is 1. The fourth-order valence-corrected chi connectivity index (χ4v) is 2.13. The van der Waals surface area contributed by atoms with Crippen LogP contribution in [0.3, 0.4) is 0 Å². The van der Waals surface area contributed by atoms with Crippen LogP contribution >= 0.6 is 15.9 Å². The average Bonchev–Trinajstić information content (AvgIpc) is 2.62. The van der Waals surface area contributed by atoms with Gasteiger partial charge >= 0.3 is 0 Å². The minimum absolute atomic E-state index is 0.408. The number of H-pyrrole nitrogens is 1. The Kier molecular flexibility index (Phi) is 2.65. The molecule has 4 heteroatoms. The second kappa shape index (κ2) is 3.95. The van der Waals surface area contributed by atoms with Crippen LogP contribution in [0.15, 0.2) is 22.8 Å². The first-order valence-electron chi connectivity index (χ1n) is 4.47. The van der Waals surface area contributed by atoms with E-state index in [0.717, 1.165) is 26.7 Å². The summed E-state index contributed by atoms with van der Waals surface area (Å²) in [5, 5.41) is 9.71. The summed E-state index contributed by atoms with van der Waals surface area (Å²) in [4.78, 5) is 3.13. The normalized spacial score (nSPS) is 10.2. The highest BCUT2D eigenvalue weighted by molar-refractivity contribution is 9.10. The van der Waals surface area contributed by atoms with E-state index in [0.29, 0.717) is 6.42 Å². The lowest BCUT2D eigenvalue weighted by molar-refractivity contribution is 0.416. The molecule has 1 heterocycles. The third kappa shape index (κ3) is 1.59. The van der Waals surface area contributed by atoms with E-state index in [4.69, 9.17) is 10.00 Å². The second-order valence-electron chi connectivity index (χ2n) is 3.15. The molecule has 0 aliphatic carbocycles. The average molecular weight is 265 g/mol. The number of aromatic nitrogens is 1. The molecule has 0 saturated heterocycles. The van der Waals surface area contributed by atoms with Crippen LogP contribution in [0.2, 0.25) is 0 Å². The van der Waals surface area contributed by atoms with Gasteiger partial charge < -0.3 is 9.72 Å². The Hall–Kier alpha value is -1.47. The van der Waals surface area contributed by atoms with E-state index in [1.165, 1.54) is 0 Å². The molecule has 1 aromatic carbocycles. The van der Waals surface area contributed by atoms with Gasteiger partial charge in [0.25, 0.3) is 0 Å². The molecule has 0 aliphatic rings. The molecular weight excluding hydrogens is 256 g/mol. The number of nitrogens with one attached hydrogen (secondary N) is 1. The molecule has 0 bridgehead atoms. The van der Waals surface area contributed by atoms with Gasteiger partial charge in [-0.1, -0.05) is 6.07 Å². The van der Waals surface area contributed by atoms with Crippen LogP contribution in [0.4, 0.5) is 0 Å². The van der Waals surface area contributed by atoms with Crippen LogP contribution < -0.4 is 4.74 Å². The Morgan fingerprint density at radius 1 is 1.53 bits per heavy atom. The maximum absolute atomic E-state index is 8.67. The Bertz CT molecular complexity index is 539. The van der Waals surface area contributed by atoms with E-state index in [2.05, 4.69) is 27.0 Å². The predicted octanol–water partition coefficient (Wildman–Crippen LogP) is 3.01. The van der Waals surface area contributed by atoms with Crippen LogP contribution in [0.25, 0.3) is 10.9 Å². The van der Waals surface area contributed by atoms with Gasteiger partial charge in [0, 0.05) is 11.6 Å². The van der Waals surface area contributed by atoms with Gasteiger partial charge in [-0.05, 0) is 27.6 Å². The number of halogens is 1. The number of aromatic amines is 1. The number of rotatable bonds is 2. The zero-order valence-electron chi connectivity index (χ0n) is 8.17. The summed E-state index contributed by atoms with van der Waals surface area (Å²) >= 11 is 3.42. The van der Waals surface area contributed by atoms with E-state index in [1.54, 1.807) is 7.11 Å². The second-order valence-corrected chi connectivity index (χ2v) is 4.01. The number of benzene rings is 1. The SMILES string of the molecule is COc1c(Br)ccc2c(CC#N)c[nH]c12. The van der Waals surface area contributed by atoms with Crippen LogP contribution in [-0.4, -0.2) is 12.1 Å². The highest BCUT2D eigenvalue weighted by Gasteiger charge is 2.10. The van der Waals surface area contributed by atoms with Gasteiger partial charge in [-0.2, -0.15) is 5.26 Å². The van der Waals surface area contributed by atoms with Crippen molar-refractivity contribution in [3.05, 3.63) is 28.4 Å². The van der Waals surface area contributed by atoms with Crippen LogP contribution in [0.5, 0.6) is 5.75 Å². The molecule has 1 aromatic heterocycles. The van der Waals surface area contributed by atoms with Crippen molar-refractivity contribution >= 4 is 26.8 Å². The zero-order valence-corrected chi connectivity index (χ0v) is 9.76. The quantitative estimate of drug-likeness (QED) is 0.907. The first kappa shape index (κ1) is 10.1. The first-order chi connectivity index (χ1) is 7.27. The molecular formula is C11H9BrN2O. The molecule has 0 spiro atoms.